The third kappa shape index (κ3) is 3.28. The lowest BCUT2D eigenvalue weighted by Gasteiger charge is -2.31. The van der Waals surface area contributed by atoms with Crippen molar-refractivity contribution in [2.45, 2.75) is 18.9 Å². The van der Waals surface area contributed by atoms with E-state index in [9.17, 15) is 4.79 Å². The molecule has 6 nitrogen and oxygen atoms in total. The topological polar surface area (TPSA) is 95.8 Å². The fourth-order valence-corrected chi connectivity index (χ4v) is 2.98. The van der Waals surface area contributed by atoms with Gasteiger partial charge < -0.3 is 16.4 Å². The van der Waals surface area contributed by atoms with Gasteiger partial charge in [0.15, 0.2) is 5.69 Å². The summed E-state index contributed by atoms with van der Waals surface area (Å²) in [4.78, 5) is 12.4. The summed E-state index contributed by atoms with van der Waals surface area (Å²) < 4.78 is 0. The van der Waals surface area contributed by atoms with E-state index in [0.29, 0.717) is 17.4 Å². The van der Waals surface area contributed by atoms with Gasteiger partial charge in [0, 0.05) is 6.07 Å². The van der Waals surface area contributed by atoms with E-state index in [0.717, 1.165) is 31.5 Å². The highest BCUT2D eigenvalue weighted by molar-refractivity contribution is 5.93. The minimum atomic E-state index is -0.194. The summed E-state index contributed by atoms with van der Waals surface area (Å²) in [5.74, 6) is 0.618. The Morgan fingerprint density at radius 3 is 2.64 bits per heavy atom. The van der Waals surface area contributed by atoms with Crippen molar-refractivity contribution in [3.05, 3.63) is 47.7 Å². The number of H-pyrrole nitrogens is 1. The van der Waals surface area contributed by atoms with Crippen molar-refractivity contribution in [3.63, 3.8) is 0 Å². The van der Waals surface area contributed by atoms with E-state index in [-0.39, 0.29) is 11.9 Å². The zero-order valence-corrected chi connectivity index (χ0v) is 12.4. The molecule has 1 aliphatic heterocycles. The molecule has 1 atom stereocenters. The lowest BCUT2D eigenvalue weighted by molar-refractivity contribution is 0.0909. The second kappa shape index (κ2) is 6.62. The Hall–Kier alpha value is -2.34. The summed E-state index contributed by atoms with van der Waals surface area (Å²) >= 11 is 0. The first-order valence-corrected chi connectivity index (χ1v) is 7.61. The lowest BCUT2D eigenvalue weighted by Crippen LogP contribution is -2.39. The Labute approximate surface area is 129 Å². The zero-order chi connectivity index (χ0) is 15.4. The quantitative estimate of drug-likeness (QED) is 0.687. The molecule has 1 aromatic heterocycles. The summed E-state index contributed by atoms with van der Waals surface area (Å²) in [5.41, 5.74) is 7.05. The van der Waals surface area contributed by atoms with Crippen molar-refractivity contribution in [1.29, 1.82) is 0 Å². The molecule has 1 amide bonds. The largest absolute Gasteiger partial charge is 0.384 e. The van der Waals surface area contributed by atoms with Crippen LogP contribution in [0, 0.1) is 5.92 Å². The number of benzene rings is 1. The van der Waals surface area contributed by atoms with Gasteiger partial charge in [-0.15, -0.1) is 0 Å². The lowest BCUT2D eigenvalue weighted by atomic mass is 9.86. The number of nitrogens with two attached hydrogens (primary N) is 1. The van der Waals surface area contributed by atoms with Crippen LogP contribution in [0.3, 0.4) is 0 Å². The van der Waals surface area contributed by atoms with Crippen molar-refractivity contribution in [2.75, 3.05) is 18.8 Å². The fourth-order valence-electron chi connectivity index (χ4n) is 2.98. The highest BCUT2D eigenvalue weighted by Crippen LogP contribution is 2.29. The van der Waals surface area contributed by atoms with Crippen LogP contribution in [-0.4, -0.2) is 29.2 Å². The Morgan fingerprint density at radius 2 is 2.00 bits per heavy atom. The fraction of sp³-hybridized carbons (Fsp3) is 0.375. The molecule has 6 heteroatoms. The highest BCUT2D eigenvalue weighted by atomic mass is 16.2. The maximum atomic E-state index is 12.4. The molecule has 1 fully saturated rings. The summed E-state index contributed by atoms with van der Waals surface area (Å²) in [6.07, 6.45) is 2.09. The first-order chi connectivity index (χ1) is 10.7. The van der Waals surface area contributed by atoms with Gasteiger partial charge in [-0.05, 0) is 37.4 Å². The molecule has 1 aromatic carbocycles. The van der Waals surface area contributed by atoms with Gasteiger partial charge in [-0.2, -0.15) is 5.10 Å². The number of aromatic amines is 1. The van der Waals surface area contributed by atoms with Gasteiger partial charge in [0.1, 0.15) is 5.82 Å². The van der Waals surface area contributed by atoms with Crippen LogP contribution in [0.2, 0.25) is 0 Å². The highest BCUT2D eigenvalue weighted by Gasteiger charge is 2.27. The number of carbonyl (C=O) groups excluding carboxylic acids is 1. The summed E-state index contributed by atoms with van der Waals surface area (Å²) in [5, 5.41) is 13.0. The molecule has 1 unspecified atom stereocenters. The van der Waals surface area contributed by atoms with E-state index in [1.807, 2.05) is 18.2 Å². The Bertz CT molecular complexity index is 618. The molecular weight excluding hydrogens is 278 g/mol. The number of piperidine rings is 1. The number of nitrogen functional groups attached to an aromatic ring is 1. The molecule has 0 spiro atoms. The minimum Gasteiger partial charge on any atom is -0.384 e. The van der Waals surface area contributed by atoms with Crippen molar-refractivity contribution in [1.82, 2.24) is 20.8 Å². The van der Waals surface area contributed by atoms with Gasteiger partial charge in [0.25, 0.3) is 5.91 Å². The number of nitrogens with zero attached hydrogens (tertiary/aromatic N) is 1. The predicted octanol–water partition coefficient (Wildman–Crippen LogP) is 1.46. The summed E-state index contributed by atoms with van der Waals surface area (Å²) in [6.45, 7) is 1.97. The van der Waals surface area contributed by atoms with Gasteiger partial charge in [0.05, 0.1) is 6.04 Å². The molecule has 3 rings (SSSR count). The van der Waals surface area contributed by atoms with Crippen molar-refractivity contribution >= 4 is 11.7 Å². The van der Waals surface area contributed by atoms with E-state index in [1.54, 1.807) is 6.07 Å². The predicted molar refractivity (Wildman–Crippen MR) is 85.2 cm³/mol. The Morgan fingerprint density at radius 1 is 1.27 bits per heavy atom. The molecule has 22 heavy (non-hydrogen) atoms. The molecule has 0 aliphatic carbocycles. The molecule has 2 aromatic rings. The van der Waals surface area contributed by atoms with Crippen LogP contribution < -0.4 is 16.4 Å². The van der Waals surface area contributed by atoms with E-state index >= 15 is 0 Å². The van der Waals surface area contributed by atoms with Crippen LogP contribution in [-0.2, 0) is 0 Å². The van der Waals surface area contributed by atoms with Crippen LogP contribution in [0.1, 0.15) is 34.9 Å². The number of nitrogens with one attached hydrogen (secondary N) is 3. The third-order valence-electron chi connectivity index (χ3n) is 4.13. The molecule has 116 valence electrons. The van der Waals surface area contributed by atoms with E-state index < -0.39 is 0 Å². The van der Waals surface area contributed by atoms with Crippen LogP contribution >= 0.6 is 0 Å². The molecular formula is C16H21N5O. The monoisotopic (exact) mass is 299 g/mol. The van der Waals surface area contributed by atoms with E-state index in [1.165, 1.54) is 0 Å². The molecule has 1 aliphatic rings. The maximum absolute atomic E-state index is 12.4. The van der Waals surface area contributed by atoms with Crippen molar-refractivity contribution in [3.8, 4) is 0 Å². The van der Waals surface area contributed by atoms with Crippen molar-refractivity contribution in [2.24, 2.45) is 5.92 Å². The standard InChI is InChI=1S/C16H21N5O/c17-14-10-13(20-21-14)16(22)19-15(11-4-2-1-3-5-11)12-6-8-18-9-7-12/h1-5,10,12,15,18H,6-9H2,(H,19,22)(H3,17,20,21). The zero-order valence-electron chi connectivity index (χ0n) is 12.4. The number of aromatic nitrogens is 2. The van der Waals surface area contributed by atoms with Gasteiger partial charge in [-0.25, -0.2) is 0 Å². The SMILES string of the molecule is Nc1cc(C(=O)NC(c2ccccc2)C2CCNCC2)n[nH]1. The Kier molecular flexibility index (Phi) is 4.39. The molecule has 1 saturated heterocycles. The average molecular weight is 299 g/mol. The number of anilines is 1. The third-order valence-corrected chi connectivity index (χ3v) is 4.13. The van der Waals surface area contributed by atoms with Crippen LogP contribution in [0.4, 0.5) is 5.82 Å². The number of carbonyl (C=O) groups is 1. The maximum Gasteiger partial charge on any atom is 0.272 e. The minimum absolute atomic E-state index is 0.00581. The van der Waals surface area contributed by atoms with Crippen LogP contribution in [0.25, 0.3) is 0 Å². The normalized spacial score (nSPS) is 17.1. The van der Waals surface area contributed by atoms with Gasteiger partial charge in [-0.3, -0.25) is 9.89 Å². The second-order valence-corrected chi connectivity index (χ2v) is 5.66. The van der Waals surface area contributed by atoms with Gasteiger partial charge in [0.2, 0.25) is 0 Å². The van der Waals surface area contributed by atoms with E-state index in [2.05, 4.69) is 33.0 Å². The van der Waals surface area contributed by atoms with E-state index in [4.69, 9.17) is 5.73 Å². The first kappa shape index (κ1) is 14.6. The molecule has 0 radical (unpaired) electrons. The number of rotatable bonds is 4. The number of hydrogen-bond acceptors (Lipinski definition) is 4. The van der Waals surface area contributed by atoms with Crippen LogP contribution in [0.15, 0.2) is 36.4 Å². The summed E-state index contributed by atoms with van der Waals surface area (Å²) in [6, 6.07) is 11.7. The molecule has 5 N–H and O–H groups in total. The molecule has 0 bridgehead atoms. The average Bonchev–Trinajstić information content (AvgIpc) is 3.01. The second-order valence-electron chi connectivity index (χ2n) is 5.66. The van der Waals surface area contributed by atoms with Crippen molar-refractivity contribution < 1.29 is 4.79 Å². The molecule has 2 heterocycles. The number of hydrogen-bond donors (Lipinski definition) is 4. The Balaban J connectivity index is 1.80. The summed E-state index contributed by atoms with van der Waals surface area (Å²) in [7, 11) is 0. The van der Waals surface area contributed by atoms with Gasteiger partial charge >= 0.3 is 0 Å². The van der Waals surface area contributed by atoms with Crippen LogP contribution in [0.5, 0.6) is 0 Å². The smallest absolute Gasteiger partial charge is 0.272 e. The molecule has 0 saturated carbocycles. The number of amides is 1. The first-order valence-electron chi connectivity index (χ1n) is 7.61. The van der Waals surface area contributed by atoms with Gasteiger partial charge in [-0.1, -0.05) is 30.3 Å².